The van der Waals surface area contributed by atoms with Crippen molar-refractivity contribution in [3.8, 4) is 10.4 Å². The molecule has 3 amide bonds. The number of piperidine rings is 3. The topological polar surface area (TPSA) is 217 Å². The molecule has 74 heavy (non-hydrogen) atoms. The summed E-state index contributed by atoms with van der Waals surface area (Å²) >= 11 is 10.00. The van der Waals surface area contributed by atoms with E-state index in [9.17, 15) is 19.5 Å². The van der Waals surface area contributed by atoms with Gasteiger partial charge in [0.2, 0.25) is 17.7 Å². The number of halogens is 1. The summed E-state index contributed by atoms with van der Waals surface area (Å²) in [4.78, 5) is 71.1. The first-order valence-electron chi connectivity index (χ1n) is 26.2. The molecule has 4 saturated heterocycles. The van der Waals surface area contributed by atoms with Crippen LogP contribution in [0.25, 0.3) is 10.4 Å². The average molecular weight is 1070 g/mol. The molecule has 4 aromatic heterocycles. The van der Waals surface area contributed by atoms with E-state index in [1.54, 1.807) is 34.6 Å². The molecule has 5 aromatic rings. The van der Waals surface area contributed by atoms with Gasteiger partial charge in [0.05, 0.1) is 51.3 Å². The first-order valence-corrected chi connectivity index (χ1v) is 28.3. The zero-order valence-electron chi connectivity index (χ0n) is 43.2. The number of rotatable bonds is 17. The molecule has 0 spiro atoms. The van der Waals surface area contributed by atoms with Gasteiger partial charge in [-0.25, -0.2) is 24.6 Å². The highest BCUT2D eigenvalue weighted by Gasteiger charge is 2.43. The van der Waals surface area contributed by atoms with E-state index < -0.39 is 18.2 Å². The third-order valence-corrected chi connectivity index (χ3v) is 18.0. The van der Waals surface area contributed by atoms with Gasteiger partial charge in [-0.3, -0.25) is 14.4 Å². The van der Waals surface area contributed by atoms with E-state index in [0.717, 1.165) is 102 Å². The minimum absolute atomic E-state index is 0.0452. The van der Waals surface area contributed by atoms with Crippen LogP contribution in [0.5, 0.6) is 0 Å². The molecule has 4 aliphatic heterocycles. The zero-order valence-corrected chi connectivity index (χ0v) is 45.6. The number of β-amino-alcohol motifs (C(OH)–C–C–N with tert-alkyl or cyclic N) is 1. The first-order chi connectivity index (χ1) is 35.6. The average Bonchev–Trinajstić information content (AvgIpc) is 4.16. The van der Waals surface area contributed by atoms with Gasteiger partial charge < -0.3 is 41.1 Å². The van der Waals surface area contributed by atoms with Crippen molar-refractivity contribution in [3.63, 3.8) is 0 Å². The molecule has 1 aromatic carbocycles. The quantitative estimate of drug-likeness (QED) is 0.0754. The molecule has 4 aliphatic rings. The SMILES string of the molecule is Cc1cn([C@H](C(=O)N2C[C@H](O)C[C@H]2C(=O)N[C@@H](CCN2CCC(C(=O)N3CCC(Nc4nccc(Sc5cnc(N6CCC(C)(CN)CC6)cn5)c4Cl)CC3)CC2)c2ccc(-c3scnc3C)cc2)C(C)C)nn1. The molecule has 9 rings (SSSR count). The summed E-state index contributed by atoms with van der Waals surface area (Å²) < 4.78 is 1.57. The highest BCUT2D eigenvalue weighted by atomic mass is 35.5. The molecule has 0 saturated carbocycles. The smallest absolute Gasteiger partial charge is 0.248 e. The summed E-state index contributed by atoms with van der Waals surface area (Å²) in [6.45, 7) is 16.1. The van der Waals surface area contributed by atoms with Crippen LogP contribution in [0.1, 0.15) is 101 Å². The zero-order chi connectivity index (χ0) is 52.1. The molecular weight excluding hydrogens is 996 g/mol. The molecule has 21 heteroatoms. The Hall–Kier alpha value is -5.25. The lowest BCUT2D eigenvalue weighted by Crippen LogP contribution is -2.50. The van der Waals surface area contributed by atoms with Crippen molar-refractivity contribution in [1.29, 1.82) is 0 Å². The van der Waals surface area contributed by atoms with Gasteiger partial charge in [-0.15, -0.1) is 16.4 Å². The van der Waals surface area contributed by atoms with Crippen LogP contribution >= 0.6 is 34.7 Å². The Labute approximate surface area is 447 Å². The Bertz CT molecular complexity index is 2700. The minimum atomic E-state index is -0.845. The number of nitrogens with one attached hydrogen (secondary N) is 2. The standard InChI is InChI=1S/C53H71ClN14O4S2/c1-33(2)47(68-29-34(3)62-63-68)52(72)67-30-40(69)26-42(67)50(70)61-41(36-6-8-37(9-7-36)48-35(4)59-32-73-48)15-21-64-19-11-38(12-20-64)51(71)66-22-13-39(14-23-66)60-49-46(54)43(10-18-56-49)74-45-28-57-44(27-58-45)65-24-16-53(5,31-55)17-25-65/h6-10,18,27-29,32-33,38-42,47,69H,11-17,19-26,30-31,55H2,1-5H3,(H,56,60)(H,61,70)/t40-,41+,42+,47+/m1/s1. The number of aryl methyl sites for hydroxylation is 2. The van der Waals surface area contributed by atoms with Gasteiger partial charge in [0, 0.05) is 74.9 Å². The van der Waals surface area contributed by atoms with E-state index in [1.807, 2.05) is 50.4 Å². The second-order valence-corrected chi connectivity index (χ2v) is 23.6. The molecule has 0 radical (unpaired) electrons. The van der Waals surface area contributed by atoms with Crippen molar-refractivity contribution >= 4 is 64.1 Å². The molecule has 18 nitrogen and oxygen atoms in total. The number of benzene rings is 1. The van der Waals surface area contributed by atoms with E-state index in [-0.39, 0.29) is 60.0 Å². The summed E-state index contributed by atoms with van der Waals surface area (Å²) in [5.41, 5.74) is 11.7. The van der Waals surface area contributed by atoms with Gasteiger partial charge >= 0.3 is 0 Å². The van der Waals surface area contributed by atoms with Crippen LogP contribution in [0, 0.1) is 31.1 Å². The van der Waals surface area contributed by atoms with Crippen molar-refractivity contribution in [2.75, 3.05) is 69.1 Å². The fraction of sp³-hybridized carbons (Fsp3) is 0.566. The number of aliphatic hydroxyl groups excluding tert-OH is 1. The van der Waals surface area contributed by atoms with Gasteiger partial charge in [0.15, 0.2) is 0 Å². The predicted molar refractivity (Wildman–Crippen MR) is 289 cm³/mol. The van der Waals surface area contributed by atoms with Crippen LogP contribution in [0.4, 0.5) is 11.6 Å². The molecular formula is C53H71ClN14O4S2. The number of pyridine rings is 1. The Balaban J connectivity index is 0.768. The number of carbonyl (C=O) groups excluding carboxylic acids is 3. The van der Waals surface area contributed by atoms with Crippen LogP contribution in [0.3, 0.4) is 0 Å². The fourth-order valence-electron chi connectivity index (χ4n) is 10.9. The summed E-state index contributed by atoms with van der Waals surface area (Å²) in [5.74, 6) is 0.984. The number of hydrogen-bond donors (Lipinski definition) is 4. The van der Waals surface area contributed by atoms with E-state index >= 15 is 0 Å². The van der Waals surface area contributed by atoms with Crippen molar-refractivity contribution in [3.05, 3.63) is 82.6 Å². The summed E-state index contributed by atoms with van der Waals surface area (Å²) in [5, 5.41) is 27.4. The Morgan fingerprint density at radius 2 is 1.70 bits per heavy atom. The van der Waals surface area contributed by atoms with Crippen molar-refractivity contribution in [1.82, 2.24) is 54.9 Å². The Kier molecular flexibility index (Phi) is 17.2. The summed E-state index contributed by atoms with van der Waals surface area (Å²) in [7, 11) is 0. The van der Waals surface area contributed by atoms with Gasteiger partial charge in [-0.05, 0) is 107 Å². The number of nitrogens with two attached hydrogens (primary N) is 1. The normalized spacial score (nSPS) is 20.7. The van der Waals surface area contributed by atoms with Crippen molar-refractivity contribution in [2.45, 2.75) is 126 Å². The number of carbonyl (C=O) groups is 3. The second-order valence-electron chi connectivity index (χ2n) is 21.3. The second kappa shape index (κ2) is 23.7. The van der Waals surface area contributed by atoms with E-state index in [2.05, 4.69) is 71.9 Å². The highest BCUT2D eigenvalue weighted by molar-refractivity contribution is 7.99. The van der Waals surface area contributed by atoms with E-state index in [1.165, 1.54) is 16.7 Å². The maximum atomic E-state index is 14.4. The van der Waals surface area contributed by atoms with Crippen LogP contribution in [-0.2, 0) is 14.4 Å². The van der Waals surface area contributed by atoms with Crippen LogP contribution in [0.2, 0.25) is 5.02 Å². The van der Waals surface area contributed by atoms with E-state index in [4.69, 9.17) is 27.3 Å². The minimum Gasteiger partial charge on any atom is -0.391 e. The summed E-state index contributed by atoms with van der Waals surface area (Å²) in [6.07, 6.45) is 12.2. The summed E-state index contributed by atoms with van der Waals surface area (Å²) in [6, 6.07) is 8.40. The van der Waals surface area contributed by atoms with Gasteiger partial charge in [0.25, 0.3) is 0 Å². The number of amides is 3. The third kappa shape index (κ3) is 12.5. The molecule has 396 valence electrons. The molecule has 0 unspecified atom stereocenters. The number of anilines is 2. The Morgan fingerprint density at radius 3 is 2.34 bits per heavy atom. The van der Waals surface area contributed by atoms with Gasteiger partial charge in [0.1, 0.15) is 28.7 Å². The number of aliphatic hydroxyl groups is 1. The number of hydrogen-bond acceptors (Lipinski definition) is 16. The molecule has 0 bridgehead atoms. The number of nitrogens with zero attached hydrogens (tertiary/aromatic N) is 11. The van der Waals surface area contributed by atoms with Crippen molar-refractivity contribution in [2.24, 2.45) is 23.0 Å². The largest absolute Gasteiger partial charge is 0.391 e. The molecule has 8 heterocycles. The van der Waals surface area contributed by atoms with Crippen LogP contribution in [0.15, 0.2) is 70.6 Å². The molecule has 4 atom stereocenters. The maximum absolute atomic E-state index is 14.4. The lowest BCUT2D eigenvalue weighted by atomic mass is 9.80. The lowest BCUT2D eigenvalue weighted by Gasteiger charge is -2.39. The first kappa shape index (κ1) is 53.6. The third-order valence-electron chi connectivity index (χ3n) is 15.6. The maximum Gasteiger partial charge on any atom is 0.248 e. The number of aromatic nitrogens is 7. The van der Waals surface area contributed by atoms with Crippen LogP contribution < -0.4 is 21.3 Å². The number of thiazole rings is 1. The number of likely N-dealkylation sites (tertiary alicyclic amines) is 3. The van der Waals surface area contributed by atoms with E-state index in [0.29, 0.717) is 49.1 Å². The highest BCUT2D eigenvalue weighted by Crippen LogP contribution is 2.38. The van der Waals surface area contributed by atoms with Gasteiger partial charge in [-0.1, -0.05) is 73.6 Å². The Morgan fingerprint density at radius 1 is 0.959 bits per heavy atom. The lowest BCUT2D eigenvalue weighted by molar-refractivity contribution is -0.142. The monoisotopic (exact) mass is 1070 g/mol. The molecule has 0 aliphatic carbocycles. The van der Waals surface area contributed by atoms with Crippen molar-refractivity contribution < 1.29 is 19.5 Å². The predicted octanol–water partition coefficient (Wildman–Crippen LogP) is 6.79. The molecule has 4 fully saturated rings. The molecule has 5 N–H and O–H groups in total. The van der Waals surface area contributed by atoms with Crippen LogP contribution in [-0.4, -0.2) is 150 Å². The van der Waals surface area contributed by atoms with Gasteiger partial charge in [-0.2, -0.15) is 0 Å². The fourth-order valence-corrected chi connectivity index (χ4v) is 12.7.